The zero-order valence-electron chi connectivity index (χ0n) is 14.9. The molecular formula is C18H23N3O4S2. The highest BCUT2D eigenvalue weighted by atomic mass is 32.2. The standard InChI is InChI=1S/C18H23N3O4S2/c22-18(19-7-4-12-26-15-5-2-1-3-6-15)17-13-16(14-20-17)27(23,24)21-8-10-25-11-9-21/h1-3,5-6,13-14,20H,4,7-12H2,(H,19,22). The zero-order valence-corrected chi connectivity index (χ0v) is 16.5. The lowest BCUT2D eigenvalue weighted by Gasteiger charge is -2.25. The van der Waals surface area contributed by atoms with E-state index in [4.69, 9.17) is 4.74 Å². The molecule has 0 bridgehead atoms. The second kappa shape index (κ2) is 9.41. The van der Waals surface area contributed by atoms with E-state index in [9.17, 15) is 13.2 Å². The molecule has 1 amide bonds. The highest BCUT2D eigenvalue weighted by Gasteiger charge is 2.27. The first-order valence-corrected chi connectivity index (χ1v) is 11.2. The number of carbonyl (C=O) groups excluding carboxylic acids is 1. The Bertz CT molecular complexity index is 847. The third-order valence-electron chi connectivity index (χ3n) is 4.13. The molecule has 2 N–H and O–H groups in total. The molecule has 7 nitrogen and oxygen atoms in total. The number of hydrogen-bond acceptors (Lipinski definition) is 5. The maximum absolute atomic E-state index is 12.6. The van der Waals surface area contributed by atoms with E-state index in [1.165, 1.54) is 21.5 Å². The first kappa shape index (κ1) is 19.9. The predicted octanol–water partition coefficient (Wildman–Crippen LogP) is 1.95. The summed E-state index contributed by atoms with van der Waals surface area (Å²) in [7, 11) is -3.60. The molecule has 1 aromatic carbocycles. The molecule has 2 aromatic rings. The smallest absolute Gasteiger partial charge is 0.267 e. The molecule has 2 heterocycles. The van der Waals surface area contributed by atoms with Crippen molar-refractivity contribution in [3.63, 3.8) is 0 Å². The molecule has 146 valence electrons. The molecule has 0 radical (unpaired) electrons. The van der Waals surface area contributed by atoms with Crippen molar-refractivity contribution in [2.24, 2.45) is 0 Å². The first-order valence-electron chi connectivity index (χ1n) is 8.80. The van der Waals surface area contributed by atoms with Crippen molar-refractivity contribution < 1.29 is 17.9 Å². The van der Waals surface area contributed by atoms with Crippen molar-refractivity contribution in [2.75, 3.05) is 38.6 Å². The van der Waals surface area contributed by atoms with Crippen LogP contribution in [0.3, 0.4) is 0 Å². The number of morpholine rings is 1. The number of aromatic nitrogens is 1. The fourth-order valence-electron chi connectivity index (χ4n) is 2.67. The number of nitrogens with zero attached hydrogens (tertiary/aromatic N) is 1. The van der Waals surface area contributed by atoms with Gasteiger partial charge in [-0.3, -0.25) is 4.79 Å². The van der Waals surface area contributed by atoms with Gasteiger partial charge in [-0.05, 0) is 30.4 Å². The molecule has 1 fully saturated rings. The Morgan fingerprint density at radius 1 is 1.22 bits per heavy atom. The molecule has 0 aliphatic carbocycles. The Morgan fingerprint density at radius 3 is 2.70 bits per heavy atom. The minimum Gasteiger partial charge on any atom is -0.379 e. The summed E-state index contributed by atoms with van der Waals surface area (Å²) in [5, 5.41) is 2.82. The van der Waals surface area contributed by atoms with Gasteiger partial charge in [-0.1, -0.05) is 18.2 Å². The third kappa shape index (κ3) is 5.35. The van der Waals surface area contributed by atoms with Crippen molar-refractivity contribution in [1.29, 1.82) is 0 Å². The van der Waals surface area contributed by atoms with Crippen LogP contribution in [0.15, 0.2) is 52.4 Å². The number of thioether (sulfide) groups is 1. The topological polar surface area (TPSA) is 91.5 Å². The van der Waals surface area contributed by atoms with E-state index in [1.54, 1.807) is 11.8 Å². The van der Waals surface area contributed by atoms with E-state index in [0.29, 0.717) is 32.8 Å². The van der Waals surface area contributed by atoms with Gasteiger partial charge in [0.2, 0.25) is 10.0 Å². The second-order valence-corrected chi connectivity index (χ2v) is 9.14. The SMILES string of the molecule is O=C(NCCCSc1ccccc1)c1cc(S(=O)(=O)N2CCOCC2)c[nH]1. The van der Waals surface area contributed by atoms with E-state index in [2.05, 4.69) is 22.4 Å². The van der Waals surface area contributed by atoms with Crippen LogP contribution in [0, 0.1) is 0 Å². The van der Waals surface area contributed by atoms with Crippen LogP contribution in [0.4, 0.5) is 0 Å². The first-order chi connectivity index (χ1) is 13.1. The van der Waals surface area contributed by atoms with E-state index in [-0.39, 0.29) is 16.5 Å². The molecule has 1 aliphatic rings. The molecule has 27 heavy (non-hydrogen) atoms. The maximum atomic E-state index is 12.6. The van der Waals surface area contributed by atoms with Gasteiger partial charge in [-0.15, -0.1) is 11.8 Å². The number of H-pyrrole nitrogens is 1. The van der Waals surface area contributed by atoms with E-state index in [0.717, 1.165) is 12.2 Å². The van der Waals surface area contributed by atoms with Crippen LogP contribution >= 0.6 is 11.8 Å². The second-order valence-electron chi connectivity index (χ2n) is 6.04. The van der Waals surface area contributed by atoms with Gasteiger partial charge in [-0.2, -0.15) is 4.31 Å². The Labute approximate surface area is 163 Å². The van der Waals surface area contributed by atoms with Crippen LogP contribution in [-0.4, -0.2) is 62.2 Å². The number of aromatic amines is 1. The van der Waals surface area contributed by atoms with Gasteiger partial charge in [0.25, 0.3) is 5.91 Å². The molecule has 0 spiro atoms. The summed E-state index contributed by atoms with van der Waals surface area (Å²) in [5.74, 6) is 0.592. The van der Waals surface area contributed by atoms with E-state index in [1.807, 2.05) is 18.2 Å². The number of nitrogens with one attached hydrogen (secondary N) is 2. The monoisotopic (exact) mass is 409 g/mol. The largest absolute Gasteiger partial charge is 0.379 e. The molecule has 9 heteroatoms. The number of rotatable bonds is 8. The number of benzene rings is 1. The van der Waals surface area contributed by atoms with Crippen molar-refractivity contribution in [2.45, 2.75) is 16.2 Å². The Kier molecular flexibility index (Phi) is 6.95. The highest BCUT2D eigenvalue weighted by Crippen LogP contribution is 2.19. The van der Waals surface area contributed by atoms with Crippen molar-refractivity contribution in [3.05, 3.63) is 48.3 Å². The minimum absolute atomic E-state index is 0.106. The van der Waals surface area contributed by atoms with Gasteiger partial charge < -0.3 is 15.0 Å². The predicted molar refractivity (Wildman–Crippen MR) is 104 cm³/mol. The summed E-state index contributed by atoms with van der Waals surface area (Å²) in [6.07, 6.45) is 2.19. The zero-order chi connectivity index (χ0) is 19.1. The molecule has 1 saturated heterocycles. The van der Waals surface area contributed by atoms with Gasteiger partial charge in [-0.25, -0.2) is 8.42 Å². The normalized spacial score (nSPS) is 15.6. The molecule has 1 aliphatic heterocycles. The number of amides is 1. The average molecular weight is 410 g/mol. The Balaban J connectivity index is 1.46. The lowest BCUT2D eigenvalue weighted by atomic mass is 10.4. The van der Waals surface area contributed by atoms with E-state index < -0.39 is 10.0 Å². The van der Waals surface area contributed by atoms with Gasteiger partial charge in [0.05, 0.1) is 13.2 Å². The van der Waals surface area contributed by atoms with Crippen LogP contribution in [0.1, 0.15) is 16.9 Å². The van der Waals surface area contributed by atoms with E-state index >= 15 is 0 Å². The number of carbonyl (C=O) groups is 1. The summed E-state index contributed by atoms with van der Waals surface area (Å²) >= 11 is 1.74. The number of hydrogen-bond donors (Lipinski definition) is 2. The van der Waals surface area contributed by atoms with Crippen LogP contribution in [-0.2, 0) is 14.8 Å². The van der Waals surface area contributed by atoms with Gasteiger partial charge in [0.15, 0.2) is 0 Å². The van der Waals surface area contributed by atoms with Crippen LogP contribution < -0.4 is 5.32 Å². The molecule has 0 atom stereocenters. The van der Waals surface area contributed by atoms with Crippen LogP contribution in [0.25, 0.3) is 0 Å². The summed E-state index contributed by atoms with van der Waals surface area (Å²) in [5.41, 5.74) is 0.248. The van der Waals surface area contributed by atoms with Gasteiger partial charge in [0, 0.05) is 30.7 Å². The third-order valence-corrected chi connectivity index (χ3v) is 7.10. The fraction of sp³-hybridized carbons (Fsp3) is 0.389. The summed E-state index contributed by atoms with van der Waals surface area (Å²) in [6, 6.07) is 11.5. The van der Waals surface area contributed by atoms with Gasteiger partial charge in [0.1, 0.15) is 10.6 Å². The lowest BCUT2D eigenvalue weighted by molar-refractivity contribution is 0.0730. The summed E-state index contributed by atoms with van der Waals surface area (Å²) < 4.78 is 31.7. The maximum Gasteiger partial charge on any atom is 0.267 e. The Hall–Kier alpha value is -1.81. The van der Waals surface area contributed by atoms with Crippen molar-refractivity contribution in [1.82, 2.24) is 14.6 Å². The average Bonchev–Trinajstić information content (AvgIpc) is 3.20. The van der Waals surface area contributed by atoms with Crippen LogP contribution in [0.5, 0.6) is 0 Å². The van der Waals surface area contributed by atoms with Crippen molar-refractivity contribution in [3.8, 4) is 0 Å². The molecule has 1 aromatic heterocycles. The number of ether oxygens (including phenoxy) is 1. The molecule has 0 saturated carbocycles. The fourth-order valence-corrected chi connectivity index (χ4v) is 4.94. The Morgan fingerprint density at radius 2 is 1.96 bits per heavy atom. The highest BCUT2D eigenvalue weighted by molar-refractivity contribution is 7.99. The van der Waals surface area contributed by atoms with Gasteiger partial charge >= 0.3 is 0 Å². The number of sulfonamides is 1. The molecule has 3 rings (SSSR count). The summed E-state index contributed by atoms with van der Waals surface area (Å²) in [4.78, 5) is 16.3. The molecule has 0 unspecified atom stereocenters. The van der Waals surface area contributed by atoms with Crippen molar-refractivity contribution >= 4 is 27.7 Å². The molecular weight excluding hydrogens is 386 g/mol. The quantitative estimate of drug-likeness (QED) is 0.514. The summed E-state index contributed by atoms with van der Waals surface area (Å²) in [6.45, 7) is 1.96. The van der Waals surface area contributed by atoms with Crippen LogP contribution in [0.2, 0.25) is 0 Å². The minimum atomic E-state index is -3.60. The lowest BCUT2D eigenvalue weighted by Crippen LogP contribution is -2.40.